The molecule has 1 aromatic rings. The molecule has 2 rings (SSSR count). The van der Waals surface area contributed by atoms with Crippen LogP contribution in [0.1, 0.15) is 24.3 Å². The average Bonchev–Trinajstić information content (AvgIpc) is 2.23. The lowest BCUT2D eigenvalue weighted by Gasteiger charge is -2.23. The van der Waals surface area contributed by atoms with Gasteiger partial charge >= 0.3 is 0 Å². The van der Waals surface area contributed by atoms with E-state index in [-0.39, 0.29) is 5.82 Å². The Bertz CT molecular complexity index is 321. The molecule has 0 saturated carbocycles. The van der Waals surface area contributed by atoms with Crippen LogP contribution < -0.4 is 5.32 Å². The fourth-order valence-electron chi connectivity index (χ4n) is 1.96. The van der Waals surface area contributed by atoms with Crippen molar-refractivity contribution in [1.29, 1.82) is 0 Å². The van der Waals surface area contributed by atoms with Crippen molar-refractivity contribution in [2.75, 3.05) is 13.1 Å². The van der Waals surface area contributed by atoms with Crippen molar-refractivity contribution in [2.24, 2.45) is 0 Å². The van der Waals surface area contributed by atoms with Crippen LogP contribution in [0.2, 0.25) is 0 Å². The van der Waals surface area contributed by atoms with Gasteiger partial charge in [0, 0.05) is 4.47 Å². The zero-order chi connectivity index (χ0) is 9.97. The zero-order valence-electron chi connectivity index (χ0n) is 7.89. The van der Waals surface area contributed by atoms with Crippen LogP contribution in [0.5, 0.6) is 0 Å². The second kappa shape index (κ2) is 4.41. The fraction of sp³-hybridized carbons (Fsp3) is 0.455. The molecule has 1 heterocycles. The van der Waals surface area contributed by atoms with Crippen LogP contribution in [0.3, 0.4) is 0 Å². The first kappa shape index (κ1) is 10.1. The molecule has 1 aliphatic heterocycles. The zero-order valence-corrected chi connectivity index (χ0v) is 9.48. The molecule has 76 valence electrons. The third-order valence-electron chi connectivity index (χ3n) is 2.74. The van der Waals surface area contributed by atoms with E-state index >= 15 is 0 Å². The van der Waals surface area contributed by atoms with Gasteiger partial charge in [0.25, 0.3) is 0 Å². The summed E-state index contributed by atoms with van der Waals surface area (Å²) in [5.41, 5.74) is 1.12. The monoisotopic (exact) mass is 257 g/mol. The second-order valence-corrected chi connectivity index (χ2v) is 4.54. The Balaban J connectivity index is 2.24. The lowest BCUT2D eigenvalue weighted by atomic mass is 9.90. The molecule has 0 aliphatic carbocycles. The minimum absolute atomic E-state index is 0.137. The SMILES string of the molecule is Fc1ccc(Br)c(C2CCNCC2)c1. The van der Waals surface area contributed by atoms with Crippen molar-refractivity contribution in [1.82, 2.24) is 5.32 Å². The molecule has 0 unspecified atom stereocenters. The third kappa shape index (κ3) is 2.15. The van der Waals surface area contributed by atoms with Crippen LogP contribution in [0.4, 0.5) is 4.39 Å². The maximum Gasteiger partial charge on any atom is 0.123 e. The van der Waals surface area contributed by atoms with Gasteiger partial charge in [0.05, 0.1) is 0 Å². The van der Waals surface area contributed by atoms with Crippen molar-refractivity contribution in [3.63, 3.8) is 0 Å². The Morgan fingerprint density at radius 2 is 2.00 bits per heavy atom. The van der Waals surface area contributed by atoms with Crippen molar-refractivity contribution in [3.05, 3.63) is 34.1 Å². The van der Waals surface area contributed by atoms with Crippen molar-refractivity contribution in [2.45, 2.75) is 18.8 Å². The summed E-state index contributed by atoms with van der Waals surface area (Å²) in [6, 6.07) is 4.95. The molecule has 1 nitrogen and oxygen atoms in total. The molecule has 0 aromatic heterocycles. The van der Waals surface area contributed by atoms with Crippen molar-refractivity contribution >= 4 is 15.9 Å². The predicted octanol–water partition coefficient (Wildman–Crippen LogP) is 3.06. The molecule has 1 saturated heterocycles. The first-order valence-corrected chi connectivity index (χ1v) is 5.72. The molecule has 1 aromatic carbocycles. The van der Waals surface area contributed by atoms with Gasteiger partial charge in [-0.05, 0) is 55.6 Å². The quantitative estimate of drug-likeness (QED) is 0.816. The van der Waals surface area contributed by atoms with E-state index in [1.807, 2.05) is 0 Å². The van der Waals surface area contributed by atoms with Gasteiger partial charge in [0.1, 0.15) is 5.82 Å². The maximum atomic E-state index is 13.1. The number of piperidine rings is 1. The first-order chi connectivity index (χ1) is 6.77. The average molecular weight is 258 g/mol. The number of hydrogen-bond acceptors (Lipinski definition) is 1. The number of benzene rings is 1. The second-order valence-electron chi connectivity index (χ2n) is 3.69. The van der Waals surface area contributed by atoms with Crippen LogP contribution in [0.15, 0.2) is 22.7 Å². The van der Waals surface area contributed by atoms with Crippen LogP contribution in [-0.4, -0.2) is 13.1 Å². The normalized spacial score (nSPS) is 18.4. The summed E-state index contributed by atoms with van der Waals surface area (Å²) in [6.45, 7) is 2.07. The topological polar surface area (TPSA) is 12.0 Å². The minimum Gasteiger partial charge on any atom is -0.317 e. The predicted molar refractivity (Wildman–Crippen MR) is 58.9 cm³/mol. The molecule has 0 amide bonds. The Kier molecular flexibility index (Phi) is 3.19. The standard InChI is InChI=1S/C11H13BrFN/c12-11-2-1-9(13)7-10(11)8-3-5-14-6-4-8/h1-2,7-8,14H,3-6H2. The summed E-state index contributed by atoms with van der Waals surface area (Å²) in [4.78, 5) is 0. The molecule has 0 radical (unpaired) electrons. The van der Waals surface area contributed by atoms with Gasteiger partial charge in [-0.15, -0.1) is 0 Å². The van der Waals surface area contributed by atoms with Crippen molar-refractivity contribution in [3.8, 4) is 0 Å². The van der Waals surface area contributed by atoms with E-state index in [9.17, 15) is 4.39 Å². The summed E-state index contributed by atoms with van der Waals surface area (Å²) in [5.74, 6) is 0.364. The van der Waals surface area contributed by atoms with E-state index in [0.29, 0.717) is 5.92 Å². The molecule has 0 spiro atoms. The largest absolute Gasteiger partial charge is 0.317 e. The van der Waals surface area contributed by atoms with Gasteiger partial charge in [0.2, 0.25) is 0 Å². The van der Waals surface area contributed by atoms with E-state index in [4.69, 9.17) is 0 Å². The highest BCUT2D eigenvalue weighted by Gasteiger charge is 2.17. The van der Waals surface area contributed by atoms with Crippen molar-refractivity contribution < 1.29 is 4.39 Å². The Morgan fingerprint density at radius 3 is 2.71 bits per heavy atom. The summed E-state index contributed by atoms with van der Waals surface area (Å²) in [6.07, 6.45) is 2.20. The Morgan fingerprint density at radius 1 is 1.29 bits per heavy atom. The van der Waals surface area contributed by atoms with Crippen LogP contribution >= 0.6 is 15.9 Å². The smallest absolute Gasteiger partial charge is 0.123 e. The molecule has 0 bridgehead atoms. The molecule has 1 fully saturated rings. The lowest BCUT2D eigenvalue weighted by molar-refractivity contribution is 0.457. The van der Waals surface area contributed by atoms with Gasteiger partial charge in [-0.1, -0.05) is 15.9 Å². The minimum atomic E-state index is -0.137. The molecule has 14 heavy (non-hydrogen) atoms. The lowest BCUT2D eigenvalue weighted by Crippen LogP contribution is -2.26. The third-order valence-corrected chi connectivity index (χ3v) is 3.46. The van der Waals surface area contributed by atoms with Crippen LogP contribution in [0.25, 0.3) is 0 Å². The summed E-state index contributed by atoms with van der Waals surface area (Å²) in [7, 11) is 0. The Labute approximate surface area is 91.8 Å². The summed E-state index contributed by atoms with van der Waals surface area (Å²) >= 11 is 3.48. The fourth-order valence-corrected chi connectivity index (χ4v) is 2.53. The molecule has 0 atom stereocenters. The first-order valence-electron chi connectivity index (χ1n) is 4.93. The van der Waals surface area contributed by atoms with Gasteiger partial charge in [-0.2, -0.15) is 0 Å². The van der Waals surface area contributed by atoms with Gasteiger partial charge in [0.15, 0.2) is 0 Å². The Hall–Kier alpha value is -0.410. The maximum absolute atomic E-state index is 13.1. The number of nitrogens with one attached hydrogen (secondary N) is 1. The molecule has 3 heteroatoms. The summed E-state index contributed by atoms with van der Waals surface area (Å²) < 4.78 is 14.1. The van der Waals surface area contributed by atoms with E-state index in [1.165, 1.54) is 6.07 Å². The highest BCUT2D eigenvalue weighted by Crippen LogP contribution is 2.31. The van der Waals surface area contributed by atoms with E-state index < -0.39 is 0 Å². The van der Waals surface area contributed by atoms with Crippen LogP contribution in [-0.2, 0) is 0 Å². The van der Waals surface area contributed by atoms with Gasteiger partial charge in [-0.25, -0.2) is 4.39 Å². The van der Waals surface area contributed by atoms with E-state index in [1.54, 1.807) is 12.1 Å². The highest BCUT2D eigenvalue weighted by atomic mass is 79.9. The highest BCUT2D eigenvalue weighted by molar-refractivity contribution is 9.10. The van der Waals surface area contributed by atoms with Crippen LogP contribution in [0, 0.1) is 5.82 Å². The number of rotatable bonds is 1. The summed E-state index contributed by atoms with van der Waals surface area (Å²) in [5, 5.41) is 3.31. The van der Waals surface area contributed by atoms with E-state index in [0.717, 1.165) is 36.0 Å². The molecular formula is C11H13BrFN. The molecule has 1 N–H and O–H groups in total. The van der Waals surface area contributed by atoms with Gasteiger partial charge in [-0.3, -0.25) is 0 Å². The van der Waals surface area contributed by atoms with E-state index in [2.05, 4.69) is 21.2 Å². The molecule has 1 aliphatic rings. The number of halogens is 2. The molecular weight excluding hydrogens is 245 g/mol. The van der Waals surface area contributed by atoms with Gasteiger partial charge < -0.3 is 5.32 Å². The number of hydrogen-bond donors (Lipinski definition) is 1.